The van der Waals surface area contributed by atoms with Gasteiger partial charge in [-0.05, 0) is 32.3 Å². The van der Waals surface area contributed by atoms with Gasteiger partial charge in [-0.1, -0.05) is 20.3 Å². The Kier molecular flexibility index (Phi) is 7.36. The maximum Gasteiger partial charge on any atom is 0.310 e. The summed E-state index contributed by atoms with van der Waals surface area (Å²) in [6.07, 6.45) is 6.67. The van der Waals surface area contributed by atoms with E-state index >= 15 is 0 Å². The van der Waals surface area contributed by atoms with Gasteiger partial charge >= 0.3 is 5.97 Å². The lowest BCUT2D eigenvalue weighted by Gasteiger charge is -2.02. The van der Waals surface area contributed by atoms with Crippen molar-refractivity contribution in [1.82, 2.24) is 0 Å². The highest BCUT2D eigenvalue weighted by atomic mass is 16.5. The van der Waals surface area contributed by atoms with Crippen LogP contribution in [0, 0.1) is 0 Å². The number of carbonyl (C=O) groups is 1. The number of carbonyl (C=O) groups excluding carboxylic acids is 1. The zero-order chi connectivity index (χ0) is 10.1. The normalized spacial score (nSPS) is 11.5. The summed E-state index contributed by atoms with van der Waals surface area (Å²) in [6.45, 7) is 5.95. The van der Waals surface area contributed by atoms with Crippen LogP contribution in [0.3, 0.4) is 0 Å². The smallest absolute Gasteiger partial charge is 0.310 e. The minimum Gasteiger partial charge on any atom is -0.432 e. The van der Waals surface area contributed by atoms with Crippen molar-refractivity contribution in [3.63, 3.8) is 0 Å². The molecule has 0 rings (SSSR count). The fourth-order valence-corrected chi connectivity index (χ4v) is 0.986. The molecule has 0 atom stereocenters. The Hall–Kier alpha value is -0.790. The SMILES string of the molecule is CCCC/C=C(\C)OC(=O)CCC. The predicted octanol–water partition coefficient (Wildman–Crippen LogP) is 3.42. The predicted molar refractivity (Wildman–Crippen MR) is 54.3 cm³/mol. The summed E-state index contributed by atoms with van der Waals surface area (Å²) in [7, 11) is 0. The van der Waals surface area contributed by atoms with Crippen molar-refractivity contribution in [1.29, 1.82) is 0 Å². The average Bonchev–Trinajstić information content (AvgIpc) is 2.05. The molecule has 0 heterocycles. The lowest BCUT2D eigenvalue weighted by Crippen LogP contribution is -2.01. The van der Waals surface area contributed by atoms with E-state index in [1.807, 2.05) is 19.9 Å². The van der Waals surface area contributed by atoms with Gasteiger partial charge in [-0.15, -0.1) is 0 Å². The quantitative estimate of drug-likeness (QED) is 0.359. The van der Waals surface area contributed by atoms with Crippen LogP contribution >= 0.6 is 0 Å². The third-order valence-electron chi connectivity index (χ3n) is 1.72. The molecule has 2 nitrogen and oxygen atoms in total. The highest BCUT2D eigenvalue weighted by Crippen LogP contribution is 2.04. The van der Waals surface area contributed by atoms with E-state index in [2.05, 4.69) is 6.92 Å². The summed E-state index contributed by atoms with van der Waals surface area (Å²) < 4.78 is 5.06. The summed E-state index contributed by atoms with van der Waals surface area (Å²) in [4.78, 5) is 11.0. The van der Waals surface area contributed by atoms with Gasteiger partial charge in [0.25, 0.3) is 0 Å². The summed E-state index contributed by atoms with van der Waals surface area (Å²) in [5.74, 6) is 0.625. The molecule has 0 aliphatic heterocycles. The van der Waals surface area contributed by atoms with Crippen LogP contribution in [0.4, 0.5) is 0 Å². The van der Waals surface area contributed by atoms with E-state index in [9.17, 15) is 4.79 Å². The Balaban J connectivity index is 3.64. The zero-order valence-corrected chi connectivity index (χ0v) is 8.93. The second-order valence-corrected chi connectivity index (χ2v) is 3.18. The summed E-state index contributed by atoms with van der Waals surface area (Å²) in [6, 6.07) is 0. The highest BCUT2D eigenvalue weighted by molar-refractivity contribution is 5.70. The molecule has 0 saturated heterocycles. The van der Waals surface area contributed by atoms with Gasteiger partial charge in [0.2, 0.25) is 0 Å². The first-order valence-electron chi connectivity index (χ1n) is 5.08. The molecular formula is C11H20O2. The third kappa shape index (κ3) is 7.57. The molecule has 13 heavy (non-hydrogen) atoms. The van der Waals surface area contributed by atoms with Crippen molar-refractivity contribution in [2.75, 3.05) is 0 Å². The molecule has 0 saturated carbocycles. The molecule has 0 amide bonds. The molecule has 0 aliphatic carbocycles. The fourth-order valence-electron chi connectivity index (χ4n) is 0.986. The van der Waals surface area contributed by atoms with Crippen LogP contribution in [0.5, 0.6) is 0 Å². The largest absolute Gasteiger partial charge is 0.432 e. The molecule has 0 unspecified atom stereocenters. The Morgan fingerprint density at radius 2 is 2.00 bits per heavy atom. The number of unbranched alkanes of at least 4 members (excludes halogenated alkanes) is 2. The molecule has 0 aliphatic rings. The molecule has 0 radical (unpaired) electrons. The van der Waals surface area contributed by atoms with Gasteiger partial charge in [-0.25, -0.2) is 0 Å². The first kappa shape index (κ1) is 12.2. The van der Waals surface area contributed by atoms with Crippen LogP contribution in [0.25, 0.3) is 0 Å². The van der Waals surface area contributed by atoms with Crippen molar-refractivity contribution in [2.45, 2.75) is 52.9 Å². The summed E-state index contributed by atoms with van der Waals surface area (Å²) >= 11 is 0. The fraction of sp³-hybridized carbons (Fsp3) is 0.727. The number of esters is 1. The standard InChI is InChI=1S/C11H20O2/c1-4-6-7-9-10(3)13-11(12)8-5-2/h9H,4-8H2,1-3H3/b10-9+. The summed E-state index contributed by atoms with van der Waals surface area (Å²) in [5.41, 5.74) is 0. The average molecular weight is 184 g/mol. The van der Waals surface area contributed by atoms with Gasteiger partial charge in [0.1, 0.15) is 5.76 Å². The van der Waals surface area contributed by atoms with Crippen LogP contribution < -0.4 is 0 Å². The third-order valence-corrected chi connectivity index (χ3v) is 1.72. The molecule has 0 spiro atoms. The van der Waals surface area contributed by atoms with E-state index in [4.69, 9.17) is 4.74 Å². The minimum atomic E-state index is -0.118. The second-order valence-electron chi connectivity index (χ2n) is 3.18. The Bertz CT molecular complexity index is 171. The van der Waals surface area contributed by atoms with E-state index in [0.29, 0.717) is 6.42 Å². The van der Waals surface area contributed by atoms with Crippen LogP contribution in [-0.4, -0.2) is 5.97 Å². The van der Waals surface area contributed by atoms with Gasteiger partial charge < -0.3 is 4.74 Å². The van der Waals surface area contributed by atoms with Gasteiger partial charge in [-0.2, -0.15) is 0 Å². The lowest BCUT2D eigenvalue weighted by molar-refractivity contribution is -0.139. The van der Waals surface area contributed by atoms with Gasteiger partial charge in [0, 0.05) is 6.42 Å². The number of hydrogen-bond acceptors (Lipinski definition) is 2. The van der Waals surface area contributed by atoms with E-state index in [0.717, 1.165) is 25.0 Å². The molecule has 76 valence electrons. The van der Waals surface area contributed by atoms with Crippen LogP contribution in [0.15, 0.2) is 11.8 Å². The highest BCUT2D eigenvalue weighted by Gasteiger charge is 2.00. The van der Waals surface area contributed by atoms with Crippen molar-refractivity contribution in [2.24, 2.45) is 0 Å². The van der Waals surface area contributed by atoms with Crippen LogP contribution in [-0.2, 0) is 9.53 Å². The van der Waals surface area contributed by atoms with E-state index in [-0.39, 0.29) is 5.97 Å². The van der Waals surface area contributed by atoms with Gasteiger partial charge in [0.05, 0.1) is 0 Å². The van der Waals surface area contributed by atoms with Crippen molar-refractivity contribution >= 4 is 5.97 Å². The zero-order valence-electron chi connectivity index (χ0n) is 8.93. The minimum absolute atomic E-state index is 0.118. The molecular weight excluding hydrogens is 164 g/mol. The Morgan fingerprint density at radius 3 is 2.54 bits per heavy atom. The summed E-state index contributed by atoms with van der Waals surface area (Å²) in [5, 5.41) is 0. The van der Waals surface area contributed by atoms with Crippen molar-refractivity contribution < 1.29 is 9.53 Å². The van der Waals surface area contributed by atoms with Crippen molar-refractivity contribution in [3.8, 4) is 0 Å². The molecule has 0 bridgehead atoms. The lowest BCUT2D eigenvalue weighted by atomic mass is 10.2. The van der Waals surface area contributed by atoms with E-state index in [1.165, 1.54) is 6.42 Å². The second kappa shape index (κ2) is 7.84. The molecule has 0 aromatic heterocycles. The van der Waals surface area contributed by atoms with Crippen molar-refractivity contribution in [3.05, 3.63) is 11.8 Å². The van der Waals surface area contributed by atoms with Crippen LogP contribution in [0.2, 0.25) is 0 Å². The van der Waals surface area contributed by atoms with Gasteiger partial charge in [0.15, 0.2) is 0 Å². The monoisotopic (exact) mass is 184 g/mol. The molecule has 0 N–H and O–H groups in total. The van der Waals surface area contributed by atoms with Gasteiger partial charge in [-0.3, -0.25) is 4.79 Å². The topological polar surface area (TPSA) is 26.3 Å². The molecule has 0 fully saturated rings. The first-order valence-corrected chi connectivity index (χ1v) is 5.08. The number of hydrogen-bond donors (Lipinski definition) is 0. The molecule has 2 heteroatoms. The van der Waals surface area contributed by atoms with E-state index < -0.39 is 0 Å². The maximum absolute atomic E-state index is 11.0. The molecule has 0 aromatic carbocycles. The Labute approximate surface area is 81.0 Å². The van der Waals surface area contributed by atoms with E-state index in [1.54, 1.807) is 0 Å². The Morgan fingerprint density at radius 1 is 1.31 bits per heavy atom. The number of allylic oxidation sites excluding steroid dienone is 2. The first-order chi connectivity index (χ1) is 6.20. The number of ether oxygens (including phenoxy) is 1. The van der Waals surface area contributed by atoms with Crippen LogP contribution in [0.1, 0.15) is 52.9 Å². The maximum atomic E-state index is 11.0. The number of rotatable bonds is 6. The molecule has 0 aromatic rings.